The van der Waals surface area contributed by atoms with Crippen molar-refractivity contribution in [3.05, 3.63) is 71.8 Å². The Morgan fingerprint density at radius 1 is 0.963 bits per heavy atom. The van der Waals surface area contributed by atoms with Crippen molar-refractivity contribution in [2.45, 2.75) is 18.6 Å². The highest BCUT2D eigenvalue weighted by Gasteiger charge is 2.61. The molecule has 2 aromatic rings. The first-order chi connectivity index (χ1) is 13.1. The molecule has 1 aliphatic rings. The number of carbonyl (C=O) groups is 2. The van der Waals surface area contributed by atoms with E-state index in [0.717, 1.165) is 11.1 Å². The second-order valence-electron chi connectivity index (χ2n) is 6.21. The maximum Gasteiger partial charge on any atom is 0.327 e. The zero-order chi connectivity index (χ0) is 19.3. The summed E-state index contributed by atoms with van der Waals surface area (Å²) in [6.07, 6.45) is -1.35. The zero-order valence-corrected chi connectivity index (χ0v) is 15.2. The third-order valence-electron chi connectivity index (χ3n) is 4.65. The Bertz CT molecular complexity index is 848. The summed E-state index contributed by atoms with van der Waals surface area (Å²) < 4.78 is 15.9. The maximum atomic E-state index is 12.7. The van der Waals surface area contributed by atoms with Gasteiger partial charge in [-0.15, -0.1) is 0 Å². The Kier molecular flexibility index (Phi) is 5.58. The summed E-state index contributed by atoms with van der Waals surface area (Å²) in [5.74, 6) is 4.51. The van der Waals surface area contributed by atoms with Crippen molar-refractivity contribution in [1.29, 1.82) is 0 Å². The van der Waals surface area contributed by atoms with E-state index in [1.807, 2.05) is 60.7 Å². The molecule has 0 aromatic heterocycles. The molecule has 2 atom stereocenters. The fourth-order valence-electron chi connectivity index (χ4n) is 3.25. The van der Waals surface area contributed by atoms with Gasteiger partial charge in [-0.1, -0.05) is 60.4 Å². The van der Waals surface area contributed by atoms with Gasteiger partial charge in [-0.25, -0.2) is 0 Å². The minimum Gasteiger partial charge on any atom is -0.468 e. The van der Waals surface area contributed by atoms with Crippen molar-refractivity contribution in [3.8, 4) is 11.8 Å². The van der Waals surface area contributed by atoms with Crippen LogP contribution in [-0.4, -0.2) is 32.3 Å². The largest absolute Gasteiger partial charge is 0.468 e. The van der Waals surface area contributed by atoms with Gasteiger partial charge in [0.25, 0.3) is 0 Å². The molecule has 0 radical (unpaired) electrons. The molecule has 27 heavy (non-hydrogen) atoms. The summed E-state index contributed by atoms with van der Waals surface area (Å²) in [5, 5.41) is 0. The van der Waals surface area contributed by atoms with Crippen LogP contribution in [0.25, 0.3) is 0 Å². The maximum absolute atomic E-state index is 12.7. The van der Waals surface area contributed by atoms with E-state index in [4.69, 9.17) is 14.2 Å². The van der Waals surface area contributed by atoms with E-state index in [1.54, 1.807) is 0 Å². The average Bonchev–Trinajstić information content (AvgIpc) is 3.13. The topological polar surface area (TPSA) is 61.8 Å². The van der Waals surface area contributed by atoms with Crippen LogP contribution in [0.2, 0.25) is 0 Å². The highest BCUT2D eigenvalue weighted by molar-refractivity contribution is 6.01. The first-order valence-corrected chi connectivity index (χ1v) is 8.55. The van der Waals surface area contributed by atoms with Gasteiger partial charge in [0.15, 0.2) is 0 Å². The van der Waals surface area contributed by atoms with Gasteiger partial charge in [0, 0.05) is 12.0 Å². The van der Waals surface area contributed by atoms with Crippen LogP contribution in [0.5, 0.6) is 0 Å². The molecule has 1 aliphatic heterocycles. The van der Waals surface area contributed by atoms with Crippen LogP contribution >= 0.6 is 0 Å². The van der Waals surface area contributed by atoms with Gasteiger partial charge in [-0.3, -0.25) is 9.59 Å². The number of benzene rings is 2. The Balaban J connectivity index is 2.04. The van der Waals surface area contributed by atoms with Crippen LogP contribution in [0.3, 0.4) is 0 Å². The lowest BCUT2D eigenvalue weighted by molar-refractivity contribution is -0.171. The van der Waals surface area contributed by atoms with Crippen molar-refractivity contribution in [2.75, 3.05) is 14.2 Å². The van der Waals surface area contributed by atoms with Crippen molar-refractivity contribution in [3.63, 3.8) is 0 Å². The van der Waals surface area contributed by atoms with Gasteiger partial charge in [0.2, 0.25) is 5.41 Å². The second-order valence-corrected chi connectivity index (χ2v) is 6.21. The number of hydrogen-bond acceptors (Lipinski definition) is 5. The molecule has 0 saturated carbocycles. The van der Waals surface area contributed by atoms with Crippen LogP contribution in [0.4, 0.5) is 0 Å². The van der Waals surface area contributed by atoms with Crippen LogP contribution in [0.15, 0.2) is 60.7 Å². The Morgan fingerprint density at radius 2 is 1.52 bits per heavy atom. The minimum atomic E-state index is -1.63. The lowest BCUT2D eigenvalue weighted by Gasteiger charge is -2.25. The van der Waals surface area contributed by atoms with Crippen LogP contribution in [-0.2, 0) is 23.8 Å². The zero-order valence-electron chi connectivity index (χ0n) is 15.2. The number of esters is 2. The highest BCUT2D eigenvalue weighted by atomic mass is 16.6. The predicted octanol–water partition coefficient (Wildman–Crippen LogP) is 2.90. The summed E-state index contributed by atoms with van der Waals surface area (Å²) in [6, 6.07) is 18.7. The van der Waals surface area contributed by atoms with Gasteiger partial charge in [-0.2, -0.15) is 0 Å². The lowest BCUT2D eigenvalue weighted by atomic mass is 9.78. The number of carbonyl (C=O) groups excluding carboxylic acids is 2. The smallest absolute Gasteiger partial charge is 0.327 e. The molecule has 3 rings (SSSR count). The van der Waals surface area contributed by atoms with Gasteiger partial charge in [-0.05, 0) is 17.7 Å². The van der Waals surface area contributed by atoms with E-state index in [1.165, 1.54) is 14.2 Å². The van der Waals surface area contributed by atoms with E-state index in [9.17, 15) is 9.59 Å². The van der Waals surface area contributed by atoms with Gasteiger partial charge in [0.05, 0.1) is 20.3 Å². The average molecular weight is 364 g/mol. The van der Waals surface area contributed by atoms with Gasteiger partial charge < -0.3 is 14.2 Å². The van der Waals surface area contributed by atoms with E-state index < -0.39 is 29.6 Å². The summed E-state index contributed by atoms with van der Waals surface area (Å²) in [7, 11) is 2.48. The Labute approximate surface area is 158 Å². The molecule has 0 bridgehead atoms. The minimum absolute atomic E-state index is 0.102. The molecular weight excluding hydrogens is 344 g/mol. The summed E-state index contributed by atoms with van der Waals surface area (Å²) in [5.41, 5.74) is -0.0159. The Hall–Kier alpha value is -3.10. The Morgan fingerprint density at radius 3 is 2.07 bits per heavy atom. The SMILES string of the molecule is COC(=O)C1(C(=O)OC)C[C@H](c2ccccc2)O[C@H]1C#Cc1ccccc1. The normalized spacial score (nSPS) is 20.2. The molecule has 5 nitrogen and oxygen atoms in total. The van der Waals surface area contributed by atoms with Gasteiger partial charge >= 0.3 is 11.9 Å². The molecule has 1 saturated heterocycles. The molecule has 1 heterocycles. The quantitative estimate of drug-likeness (QED) is 0.476. The van der Waals surface area contributed by atoms with Gasteiger partial charge in [0.1, 0.15) is 6.10 Å². The van der Waals surface area contributed by atoms with E-state index >= 15 is 0 Å². The molecular formula is C22H20O5. The van der Waals surface area contributed by atoms with Crippen LogP contribution in [0.1, 0.15) is 23.7 Å². The van der Waals surface area contributed by atoms with E-state index in [2.05, 4.69) is 11.8 Å². The number of hydrogen-bond donors (Lipinski definition) is 0. The summed E-state index contributed by atoms with van der Waals surface area (Å²) in [6.45, 7) is 0. The molecule has 1 fully saturated rings. The molecule has 2 aromatic carbocycles. The predicted molar refractivity (Wildman–Crippen MR) is 98.5 cm³/mol. The molecule has 0 N–H and O–H groups in total. The molecule has 5 heteroatoms. The third-order valence-corrected chi connectivity index (χ3v) is 4.65. The summed E-state index contributed by atoms with van der Waals surface area (Å²) in [4.78, 5) is 25.3. The lowest BCUT2D eigenvalue weighted by Crippen LogP contribution is -2.47. The summed E-state index contributed by atoms with van der Waals surface area (Å²) >= 11 is 0. The first kappa shape index (κ1) is 18.7. The van der Waals surface area contributed by atoms with Crippen LogP contribution < -0.4 is 0 Å². The van der Waals surface area contributed by atoms with Crippen molar-refractivity contribution in [1.82, 2.24) is 0 Å². The third kappa shape index (κ3) is 3.57. The van der Waals surface area contributed by atoms with E-state index in [-0.39, 0.29) is 6.42 Å². The number of rotatable bonds is 3. The first-order valence-electron chi connectivity index (χ1n) is 8.55. The molecule has 0 spiro atoms. The molecule has 138 valence electrons. The standard InChI is InChI=1S/C22H20O5/c1-25-20(23)22(21(24)26-2)15-18(17-11-7-4-8-12-17)27-19(22)14-13-16-9-5-3-6-10-16/h3-12,18-19H,15H2,1-2H3/t18-,19+/m1/s1. The van der Waals surface area contributed by atoms with Crippen molar-refractivity contribution >= 4 is 11.9 Å². The van der Waals surface area contributed by atoms with Crippen LogP contribution in [0, 0.1) is 17.3 Å². The number of ether oxygens (including phenoxy) is 3. The van der Waals surface area contributed by atoms with Crippen molar-refractivity contribution in [2.24, 2.45) is 5.41 Å². The monoisotopic (exact) mass is 364 g/mol. The molecule has 0 amide bonds. The second kappa shape index (κ2) is 8.07. The number of methoxy groups -OCH3 is 2. The fourth-order valence-corrected chi connectivity index (χ4v) is 3.25. The fraction of sp³-hybridized carbons (Fsp3) is 0.273. The van der Waals surface area contributed by atoms with Crippen molar-refractivity contribution < 1.29 is 23.8 Å². The van der Waals surface area contributed by atoms with E-state index in [0.29, 0.717) is 0 Å². The molecule has 0 unspecified atom stereocenters. The molecule has 0 aliphatic carbocycles. The highest BCUT2D eigenvalue weighted by Crippen LogP contribution is 2.47.